The van der Waals surface area contributed by atoms with Crippen LogP contribution in [0.4, 0.5) is 5.69 Å². The summed E-state index contributed by atoms with van der Waals surface area (Å²) in [6.07, 6.45) is 0. The van der Waals surface area contributed by atoms with Crippen LogP contribution in [0.1, 0.15) is 28.4 Å². The second kappa shape index (κ2) is 9.14. The molecule has 0 heterocycles. The number of carboxylic acids is 1. The van der Waals surface area contributed by atoms with Gasteiger partial charge in [0.15, 0.2) is 18.1 Å². The number of hydrogen-bond donors (Lipinski definition) is 3. The van der Waals surface area contributed by atoms with E-state index in [-0.39, 0.29) is 22.9 Å². The highest BCUT2D eigenvalue weighted by Gasteiger charge is 2.14. The number of carbonyl (C=O) groups excluding carboxylic acids is 1. The van der Waals surface area contributed by atoms with Gasteiger partial charge in [0.25, 0.3) is 5.91 Å². The van der Waals surface area contributed by atoms with E-state index in [9.17, 15) is 9.59 Å². The third-order valence-corrected chi connectivity index (χ3v) is 3.98. The second-order valence-electron chi connectivity index (χ2n) is 5.78. The maximum Gasteiger partial charge on any atom is 0.335 e. The molecule has 1 amide bonds. The summed E-state index contributed by atoms with van der Waals surface area (Å²) in [5, 5.41) is 12.6. The van der Waals surface area contributed by atoms with Gasteiger partial charge in [-0.25, -0.2) is 4.79 Å². The minimum atomic E-state index is -0.990. The van der Waals surface area contributed by atoms with Gasteiger partial charge in [0.05, 0.1) is 17.2 Å². The smallest absolute Gasteiger partial charge is 0.335 e. The lowest BCUT2D eigenvalue weighted by molar-refractivity contribution is -0.119. The van der Waals surface area contributed by atoms with E-state index >= 15 is 0 Å². The molecular formula is C19H21ClN2O5. The van der Waals surface area contributed by atoms with E-state index in [1.807, 2.05) is 13.8 Å². The van der Waals surface area contributed by atoms with Crippen LogP contribution in [0.3, 0.4) is 0 Å². The van der Waals surface area contributed by atoms with Gasteiger partial charge in [0.2, 0.25) is 0 Å². The van der Waals surface area contributed by atoms with Gasteiger partial charge >= 0.3 is 5.97 Å². The highest BCUT2D eigenvalue weighted by atomic mass is 35.5. The number of primary amides is 1. The molecule has 0 atom stereocenters. The van der Waals surface area contributed by atoms with Gasteiger partial charge in [0, 0.05) is 12.2 Å². The molecule has 0 aliphatic heterocycles. The molecule has 7 nitrogen and oxygen atoms in total. The lowest BCUT2D eigenvalue weighted by Crippen LogP contribution is -2.20. The zero-order chi connectivity index (χ0) is 20.0. The number of carbonyl (C=O) groups is 2. The van der Waals surface area contributed by atoms with Crippen molar-refractivity contribution in [2.75, 3.05) is 18.5 Å². The summed E-state index contributed by atoms with van der Waals surface area (Å²) in [7, 11) is 0. The number of nitrogens with two attached hydrogens (primary N) is 1. The molecule has 27 heavy (non-hydrogen) atoms. The number of ether oxygens (including phenoxy) is 2. The van der Waals surface area contributed by atoms with Crippen LogP contribution in [0.2, 0.25) is 5.02 Å². The minimum absolute atomic E-state index is 0.200. The summed E-state index contributed by atoms with van der Waals surface area (Å²) < 4.78 is 10.9. The average molecular weight is 393 g/mol. The van der Waals surface area contributed by atoms with E-state index < -0.39 is 11.9 Å². The molecule has 0 saturated carbocycles. The monoisotopic (exact) mass is 392 g/mol. The third-order valence-electron chi connectivity index (χ3n) is 3.70. The Hall–Kier alpha value is -2.93. The van der Waals surface area contributed by atoms with Gasteiger partial charge in [0.1, 0.15) is 0 Å². The molecule has 0 spiro atoms. The molecule has 0 bridgehead atoms. The normalized spacial score (nSPS) is 10.3. The van der Waals surface area contributed by atoms with E-state index in [1.165, 1.54) is 0 Å². The van der Waals surface area contributed by atoms with Gasteiger partial charge in [-0.2, -0.15) is 0 Å². The lowest BCUT2D eigenvalue weighted by Gasteiger charge is -2.16. The lowest BCUT2D eigenvalue weighted by atomic mass is 10.1. The van der Waals surface area contributed by atoms with Gasteiger partial charge < -0.3 is 25.6 Å². The van der Waals surface area contributed by atoms with Crippen molar-refractivity contribution in [2.24, 2.45) is 5.73 Å². The van der Waals surface area contributed by atoms with Crippen LogP contribution >= 0.6 is 11.6 Å². The van der Waals surface area contributed by atoms with E-state index in [0.717, 1.165) is 11.1 Å². The number of rotatable bonds is 9. The summed E-state index contributed by atoms with van der Waals surface area (Å²) in [5.74, 6) is -0.951. The molecular weight excluding hydrogens is 372 g/mol. The molecule has 8 heteroatoms. The van der Waals surface area contributed by atoms with E-state index in [2.05, 4.69) is 5.32 Å². The van der Waals surface area contributed by atoms with Crippen molar-refractivity contribution in [3.05, 3.63) is 52.0 Å². The van der Waals surface area contributed by atoms with Crippen LogP contribution in [0.15, 0.2) is 30.3 Å². The first-order valence-corrected chi connectivity index (χ1v) is 8.63. The molecule has 2 rings (SSSR count). The number of aromatic carboxylic acids is 1. The van der Waals surface area contributed by atoms with Crippen molar-refractivity contribution >= 4 is 29.2 Å². The van der Waals surface area contributed by atoms with Crippen molar-refractivity contribution in [3.8, 4) is 11.5 Å². The highest BCUT2D eigenvalue weighted by Crippen LogP contribution is 2.37. The maximum absolute atomic E-state index is 11.1. The van der Waals surface area contributed by atoms with Crippen molar-refractivity contribution in [2.45, 2.75) is 20.4 Å². The Bertz CT molecular complexity index is 854. The standard InChI is InChI=1S/C19H21ClN2O5/c1-3-26-16-7-12(6-14(20)18(16)27-10-17(21)23)9-22-15-8-13(19(24)25)5-4-11(15)2/h4-8,22H,3,9-10H2,1-2H3,(H2,21,23)(H,24,25). The zero-order valence-corrected chi connectivity index (χ0v) is 15.8. The summed E-state index contributed by atoms with van der Waals surface area (Å²) in [6.45, 7) is 4.17. The molecule has 0 aromatic heterocycles. The van der Waals surface area contributed by atoms with Crippen LogP contribution < -0.4 is 20.5 Å². The summed E-state index contributed by atoms with van der Waals surface area (Å²) in [4.78, 5) is 22.1. The number of carboxylic acid groups (broad SMARTS) is 1. The molecule has 144 valence electrons. The van der Waals surface area contributed by atoms with Crippen molar-refractivity contribution in [1.29, 1.82) is 0 Å². The first-order chi connectivity index (χ1) is 12.8. The van der Waals surface area contributed by atoms with Crippen LogP contribution in [0, 0.1) is 6.92 Å². The number of amides is 1. The fourth-order valence-corrected chi connectivity index (χ4v) is 2.70. The summed E-state index contributed by atoms with van der Waals surface area (Å²) in [5.41, 5.74) is 7.73. The van der Waals surface area contributed by atoms with Crippen LogP contribution in [-0.2, 0) is 11.3 Å². The number of aryl methyl sites for hydroxylation is 1. The maximum atomic E-state index is 11.1. The van der Waals surface area contributed by atoms with Gasteiger partial charge in [-0.3, -0.25) is 4.79 Å². The van der Waals surface area contributed by atoms with Crippen LogP contribution in [-0.4, -0.2) is 30.2 Å². The predicted octanol–water partition coefficient (Wildman–Crippen LogP) is 3.22. The van der Waals surface area contributed by atoms with Crippen LogP contribution in [0.25, 0.3) is 0 Å². The third kappa shape index (κ3) is 5.52. The number of halogens is 1. The number of hydrogen-bond acceptors (Lipinski definition) is 5. The van der Waals surface area contributed by atoms with E-state index in [1.54, 1.807) is 30.3 Å². The van der Waals surface area contributed by atoms with Crippen molar-refractivity contribution < 1.29 is 24.2 Å². The molecule has 0 radical (unpaired) electrons. The van der Waals surface area contributed by atoms with Gasteiger partial charge in [-0.05, 0) is 49.2 Å². The second-order valence-corrected chi connectivity index (χ2v) is 6.19. The fourth-order valence-electron chi connectivity index (χ4n) is 2.41. The minimum Gasteiger partial charge on any atom is -0.490 e. The summed E-state index contributed by atoms with van der Waals surface area (Å²) in [6, 6.07) is 8.30. The number of anilines is 1. The Morgan fingerprint density at radius 3 is 2.59 bits per heavy atom. The molecule has 2 aromatic rings. The highest BCUT2D eigenvalue weighted by molar-refractivity contribution is 6.32. The Morgan fingerprint density at radius 2 is 1.96 bits per heavy atom. The molecule has 0 unspecified atom stereocenters. The number of benzene rings is 2. The Labute approximate surface area is 162 Å². The van der Waals surface area contributed by atoms with E-state index in [0.29, 0.717) is 24.6 Å². The van der Waals surface area contributed by atoms with Gasteiger partial charge in [-0.1, -0.05) is 17.7 Å². The largest absolute Gasteiger partial charge is 0.490 e. The van der Waals surface area contributed by atoms with Gasteiger partial charge in [-0.15, -0.1) is 0 Å². The zero-order valence-electron chi connectivity index (χ0n) is 15.0. The molecule has 0 fully saturated rings. The average Bonchev–Trinajstić information content (AvgIpc) is 2.60. The quantitative estimate of drug-likeness (QED) is 0.604. The van der Waals surface area contributed by atoms with Crippen LogP contribution in [0.5, 0.6) is 11.5 Å². The first-order valence-electron chi connectivity index (χ1n) is 8.26. The fraction of sp³-hybridized carbons (Fsp3) is 0.263. The number of nitrogens with one attached hydrogen (secondary N) is 1. The molecule has 0 aliphatic rings. The predicted molar refractivity (Wildman–Crippen MR) is 103 cm³/mol. The summed E-state index contributed by atoms with van der Waals surface area (Å²) >= 11 is 6.27. The van der Waals surface area contributed by atoms with Crippen molar-refractivity contribution in [3.63, 3.8) is 0 Å². The Kier molecular flexibility index (Phi) is 6.90. The molecule has 2 aromatic carbocycles. The molecule has 0 aliphatic carbocycles. The first kappa shape index (κ1) is 20.4. The van der Waals surface area contributed by atoms with E-state index in [4.69, 9.17) is 31.9 Å². The molecule has 0 saturated heterocycles. The Morgan fingerprint density at radius 1 is 1.22 bits per heavy atom. The van der Waals surface area contributed by atoms with Crippen molar-refractivity contribution in [1.82, 2.24) is 0 Å². The molecule has 4 N–H and O–H groups in total. The topological polar surface area (TPSA) is 111 Å². The Balaban J connectivity index is 2.23. The SMILES string of the molecule is CCOc1cc(CNc2cc(C(=O)O)ccc2C)cc(Cl)c1OCC(N)=O.